The summed E-state index contributed by atoms with van der Waals surface area (Å²) in [4.78, 5) is 29.1. The lowest BCUT2D eigenvalue weighted by Crippen LogP contribution is -2.37. The van der Waals surface area contributed by atoms with Crippen LogP contribution in [-0.2, 0) is 9.59 Å². The van der Waals surface area contributed by atoms with Crippen LogP contribution in [0.3, 0.4) is 0 Å². The number of benzene rings is 2. The molecule has 1 aromatic heterocycles. The van der Waals surface area contributed by atoms with E-state index in [1.54, 1.807) is 42.2 Å². The number of thioether (sulfide) groups is 1. The van der Waals surface area contributed by atoms with E-state index < -0.39 is 0 Å². The van der Waals surface area contributed by atoms with Crippen LogP contribution in [0.1, 0.15) is 6.92 Å². The molecule has 0 aliphatic heterocycles. The van der Waals surface area contributed by atoms with Crippen LogP contribution in [0, 0.1) is 0 Å². The van der Waals surface area contributed by atoms with Crippen molar-refractivity contribution < 1.29 is 9.59 Å². The predicted molar refractivity (Wildman–Crippen MR) is 110 cm³/mol. The summed E-state index contributed by atoms with van der Waals surface area (Å²) in [6, 6.07) is 14.4. The molecule has 0 aliphatic rings. The minimum absolute atomic E-state index is 0.102. The summed E-state index contributed by atoms with van der Waals surface area (Å²) in [5, 5.41) is 9.74. The van der Waals surface area contributed by atoms with E-state index in [9.17, 15) is 9.59 Å². The molecule has 28 heavy (non-hydrogen) atoms. The van der Waals surface area contributed by atoms with E-state index in [1.165, 1.54) is 18.1 Å². The van der Waals surface area contributed by atoms with Crippen LogP contribution in [0.15, 0.2) is 66.1 Å². The first kappa shape index (κ1) is 19.9. The third-order valence-electron chi connectivity index (χ3n) is 3.75. The molecular weight excluding hydrogens is 398 g/mol. The SMILES string of the molecule is CC(Sc1ccc(Cl)cc1)C(=O)NCC(=O)Nc1ccc(-n2cncn2)cc1. The predicted octanol–water partition coefficient (Wildman–Crippen LogP) is 3.16. The topological polar surface area (TPSA) is 88.9 Å². The molecule has 0 radical (unpaired) electrons. The van der Waals surface area contributed by atoms with Gasteiger partial charge in [0.2, 0.25) is 11.8 Å². The number of halogens is 1. The van der Waals surface area contributed by atoms with Crippen LogP contribution in [0.25, 0.3) is 5.69 Å². The van der Waals surface area contributed by atoms with Gasteiger partial charge in [0, 0.05) is 15.6 Å². The van der Waals surface area contributed by atoms with E-state index in [0.29, 0.717) is 10.7 Å². The highest BCUT2D eigenvalue weighted by Gasteiger charge is 2.15. The van der Waals surface area contributed by atoms with Crippen LogP contribution >= 0.6 is 23.4 Å². The Bertz CT molecular complexity index is 930. The number of carbonyl (C=O) groups excluding carboxylic acids is 2. The average Bonchev–Trinajstić information content (AvgIpc) is 3.23. The molecule has 1 unspecified atom stereocenters. The molecule has 0 saturated carbocycles. The second-order valence-corrected chi connectivity index (χ2v) is 7.72. The van der Waals surface area contributed by atoms with Gasteiger partial charge in [0.1, 0.15) is 12.7 Å². The van der Waals surface area contributed by atoms with Gasteiger partial charge >= 0.3 is 0 Å². The van der Waals surface area contributed by atoms with E-state index in [2.05, 4.69) is 20.7 Å². The van der Waals surface area contributed by atoms with Gasteiger partial charge in [-0.05, 0) is 55.5 Å². The molecule has 0 aliphatic carbocycles. The minimum atomic E-state index is -0.337. The summed E-state index contributed by atoms with van der Waals surface area (Å²) in [5.74, 6) is -0.512. The fourth-order valence-electron chi connectivity index (χ4n) is 2.33. The number of nitrogens with zero attached hydrogens (tertiary/aromatic N) is 3. The van der Waals surface area contributed by atoms with Crippen molar-refractivity contribution in [2.45, 2.75) is 17.1 Å². The Kier molecular flexibility index (Phi) is 6.67. The standard InChI is InChI=1S/C19H18ClN5O2S/c1-13(28-17-8-2-14(20)3-9-17)19(27)22-10-18(26)24-15-4-6-16(7-5-15)25-12-21-11-23-25/h2-9,11-13H,10H2,1H3,(H,22,27)(H,24,26). The van der Waals surface area contributed by atoms with E-state index in [1.807, 2.05) is 24.3 Å². The monoisotopic (exact) mass is 415 g/mol. The smallest absolute Gasteiger partial charge is 0.243 e. The van der Waals surface area contributed by atoms with Gasteiger partial charge in [0.25, 0.3) is 0 Å². The Morgan fingerprint density at radius 1 is 1.14 bits per heavy atom. The molecule has 0 fully saturated rings. The highest BCUT2D eigenvalue weighted by Crippen LogP contribution is 2.24. The second kappa shape index (κ2) is 9.38. The first-order valence-electron chi connectivity index (χ1n) is 8.46. The molecule has 2 amide bonds. The Morgan fingerprint density at radius 2 is 1.86 bits per heavy atom. The Labute approximate surface area is 171 Å². The molecule has 7 nitrogen and oxygen atoms in total. The molecule has 2 N–H and O–H groups in total. The largest absolute Gasteiger partial charge is 0.346 e. The van der Waals surface area contributed by atoms with Gasteiger partial charge in [-0.15, -0.1) is 11.8 Å². The van der Waals surface area contributed by atoms with Gasteiger partial charge in [0.05, 0.1) is 17.5 Å². The molecule has 0 bridgehead atoms. The highest BCUT2D eigenvalue weighted by molar-refractivity contribution is 8.00. The van der Waals surface area contributed by atoms with Gasteiger partial charge in [-0.1, -0.05) is 11.6 Å². The Morgan fingerprint density at radius 3 is 2.50 bits per heavy atom. The third kappa shape index (κ3) is 5.58. The number of hydrogen-bond acceptors (Lipinski definition) is 5. The zero-order valence-electron chi connectivity index (χ0n) is 15.0. The van der Waals surface area contributed by atoms with Crippen molar-refractivity contribution in [3.05, 3.63) is 66.2 Å². The van der Waals surface area contributed by atoms with Gasteiger partial charge < -0.3 is 10.6 Å². The number of nitrogens with one attached hydrogen (secondary N) is 2. The number of rotatable bonds is 7. The molecule has 9 heteroatoms. The molecular formula is C19H18ClN5O2S. The summed E-state index contributed by atoms with van der Waals surface area (Å²) in [5.41, 5.74) is 1.46. The number of carbonyl (C=O) groups is 2. The maximum atomic E-state index is 12.2. The van der Waals surface area contributed by atoms with Crippen LogP contribution in [0.5, 0.6) is 0 Å². The summed E-state index contributed by atoms with van der Waals surface area (Å²) >= 11 is 7.26. The van der Waals surface area contributed by atoms with Crippen molar-refractivity contribution in [1.82, 2.24) is 20.1 Å². The zero-order valence-corrected chi connectivity index (χ0v) is 16.6. The molecule has 0 saturated heterocycles. The molecule has 2 aromatic carbocycles. The first-order chi connectivity index (χ1) is 13.5. The molecule has 1 atom stereocenters. The first-order valence-corrected chi connectivity index (χ1v) is 9.72. The lowest BCUT2D eigenvalue weighted by atomic mass is 10.3. The maximum absolute atomic E-state index is 12.2. The molecule has 1 heterocycles. The second-order valence-electron chi connectivity index (χ2n) is 5.87. The van der Waals surface area contributed by atoms with Gasteiger partial charge in [0.15, 0.2) is 0 Å². The fraction of sp³-hybridized carbons (Fsp3) is 0.158. The zero-order chi connectivity index (χ0) is 19.9. The normalized spacial score (nSPS) is 11.6. The molecule has 0 spiro atoms. The summed E-state index contributed by atoms with van der Waals surface area (Å²) in [7, 11) is 0. The van der Waals surface area contributed by atoms with E-state index in [4.69, 9.17) is 11.6 Å². The van der Waals surface area contributed by atoms with Crippen LogP contribution in [0.2, 0.25) is 5.02 Å². The fourth-order valence-corrected chi connectivity index (χ4v) is 3.34. The maximum Gasteiger partial charge on any atom is 0.243 e. The number of amides is 2. The van der Waals surface area contributed by atoms with E-state index in [-0.39, 0.29) is 23.6 Å². The number of anilines is 1. The number of aromatic nitrogens is 3. The lowest BCUT2D eigenvalue weighted by Gasteiger charge is -2.12. The quantitative estimate of drug-likeness (QED) is 0.578. The Hall–Kier alpha value is -2.84. The van der Waals surface area contributed by atoms with Gasteiger partial charge in [-0.3, -0.25) is 9.59 Å². The minimum Gasteiger partial charge on any atom is -0.346 e. The third-order valence-corrected chi connectivity index (χ3v) is 5.12. The van der Waals surface area contributed by atoms with E-state index >= 15 is 0 Å². The molecule has 144 valence electrons. The summed E-state index contributed by atoms with van der Waals surface area (Å²) in [6.07, 6.45) is 3.04. The Balaban J connectivity index is 1.45. The van der Waals surface area contributed by atoms with Gasteiger partial charge in [-0.2, -0.15) is 5.10 Å². The van der Waals surface area contributed by atoms with Crippen molar-refractivity contribution in [3.8, 4) is 5.69 Å². The van der Waals surface area contributed by atoms with Crippen molar-refractivity contribution in [3.63, 3.8) is 0 Å². The molecule has 3 rings (SSSR count). The molecule has 3 aromatic rings. The van der Waals surface area contributed by atoms with Crippen molar-refractivity contribution in [2.24, 2.45) is 0 Å². The van der Waals surface area contributed by atoms with Crippen molar-refractivity contribution in [2.75, 3.05) is 11.9 Å². The van der Waals surface area contributed by atoms with Crippen molar-refractivity contribution >= 4 is 40.9 Å². The van der Waals surface area contributed by atoms with Crippen LogP contribution in [0.4, 0.5) is 5.69 Å². The van der Waals surface area contributed by atoms with Crippen molar-refractivity contribution in [1.29, 1.82) is 0 Å². The van der Waals surface area contributed by atoms with Crippen LogP contribution < -0.4 is 10.6 Å². The summed E-state index contributed by atoms with van der Waals surface area (Å²) < 4.78 is 1.62. The highest BCUT2D eigenvalue weighted by atomic mass is 35.5. The van der Waals surface area contributed by atoms with Gasteiger partial charge in [-0.25, -0.2) is 9.67 Å². The average molecular weight is 416 g/mol. The van der Waals surface area contributed by atoms with Crippen LogP contribution in [-0.4, -0.2) is 38.4 Å². The summed E-state index contributed by atoms with van der Waals surface area (Å²) in [6.45, 7) is 1.69. The number of hydrogen-bond donors (Lipinski definition) is 2. The lowest BCUT2D eigenvalue weighted by molar-refractivity contribution is -0.123. The van der Waals surface area contributed by atoms with E-state index in [0.717, 1.165) is 10.6 Å².